The highest BCUT2D eigenvalue weighted by Gasteiger charge is 2.39. The van der Waals surface area contributed by atoms with Gasteiger partial charge in [-0.15, -0.1) is 0 Å². The van der Waals surface area contributed by atoms with Crippen LogP contribution in [0.3, 0.4) is 0 Å². The molecule has 0 spiro atoms. The van der Waals surface area contributed by atoms with Crippen molar-refractivity contribution in [3.05, 3.63) is 0 Å². The summed E-state index contributed by atoms with van der Waals surface area (Å²) in [5.41, 5.74) is 0.363. The largest absolute Gasteiger partial charge is 0.377 e. The van der Waals surface area contributed by atoms with E-state index in [1.54, 1.807) is 0 Å². The predicted octanol–water partition coefficient (Wildman–Crippen LogP) is 0.707. The molecule has 0 atom stereocenters. The van der Waals surface area contributed by atoms with E-state index in [1.807, 2.05) is 13.8 Å². The third-order valence-corrected chi connectivity index (χ3v) is 2.71. The molecule has 2 saturated heterocycles. The lowest BCUT2D eigenvalue weighted by atomic mass is 9.97. The molecule has 0 bridgehead atoms. The molecule has 0 amide bonds. The maximum atomic E-state index is 5.23. The Morgan fingerprint density at radius 3 is 2.08 bits per heavy atom. The number of hydrogen-bond acceptors (Lipinski definition) is 3. The molecule has 2 rings (SSSR count). The summed E-state index contributed by atoms with van der Waals surface area (Å²) in [5, 5.41) is 3.35. The van der Waals surface area contributed by atoms with Gasteiger partial charge in [0.25, 0.3) is 0 Å². The average molecular weight is 186 g/mol. The van der Waals surface area contributed by atoms with Crippen molar-refractivity contribution in [1.82, 2.24) is 10.2 Å². The Morgan fingerprint density at radius 1 is 1.15 bits per heavy atom. The molecule has 0 aromatic carbocycles. The molecule has 2 heterocycles. The van der Waals surface area contributed by atoms with E-state index in [9.17, 15) is 0 Å². The average Bonchev–Trinajstić information content (AvgIpc) is 2.19. The van der Waals surface area contributed by atoms with Crippen molar-refractivity contribution < 1.29 is 4.74 Å². The summed E-state index contributed by atoms with van der Waals surface area (Å²) in [5.74, 6) is 0. The van der Waals surface area contributed by atoms with Crippen LogP contribution in [0.15, 0.2) is 0 Å². The lowest BCUT2D eigenvalue weighted by Gasteiger charge is -2.48. The smallest absolute Gasteiger partial charge is 0.0671 e. The molecule has 78 valence electrons. The van der Waals surface area contributed by atoms with Crippen LogP contribution in [0.4, 0.5) is 0 Å². The van der Waals surface area contributed by atoms with Crippen molar-refractivity contribution >= 4 is 0 Å². The van der Waals surface area contributed by atoms with Crippen molar-refractivity contribution in [3.63, 3.8) is 0 Å². The first-order valence-electron chi connectivity index (χ1n) is 5.35. The quantitative estimate of drug-likeness (QED) is 0.652. The first kappa shape index (κ1) is 11.0. The highest BCUT2D eigenvalue weighted by Crippen LogP contribution is 2.24. The molecule has 0 unspecified atom stereocenters. The van der Waals surface area contributed by atoms with E-state index < -0.39 is 0 Å². The summed E-state index contributed by atoms with van der Waals surface area (Å²) in [4.78, 5) is 2.53. The summed E-state index contributed by atoms with van der Waals surface area (Å²) < 4.78 is 5.23. The van der Waals surface area contributed by atoms with Crippen molar-refractivity contribution in [2.75, 3.05) is 39.4 Å². The Hall–Kier alpha value is -0.120. The van der Waals surface area contributed by atoms with Gasteiger partial charge in [0.2, 0.25) is 0 Å². The molecule has 2 fully saturated rings. The number of piperazine rings is 1. The van der Waals surface area contributed by atoms with E-state index >= 15 is 0 Å². The number of hydrogen-bond donors (Lipinski definition) is 1. The van der Waals surface area contributed by atoms with E-state index in [-0.39, 0.29) is 0 Å². The topological polar surface area (TPSA) is 24.5 Å². The van der Waals surface area contributed by atoms with Gasteiger partial charge in [0, 0.05) is 26.2 Å². The molecule has 2 aliphatic heterocycles. The van der Waals surface area contributed by atoms with Gasteiger partial charge in [0.15, 0.2) is 0 Å². The second kappa shape index (κ2) is 4.94. The van der Waals surface area contributed by atoms with Crippen molar-refractivity contribution in [2.24, 2.45) is 0 Å². The van der Waals surface area contributed by atoms with Crippen molar-refractivity contribution in [2.45, 2.75) is 26.3 Å². The molecule has 0 aromatic heterocycles. The second-order valence-electron chi connectivity index (χ2n) is 3.73. The van der Waals surface area contributed by atoms with Gasteiger partial charge in [0.05, 0.1) is 18.8 Å². The summed E-state index contributed by atoms with van der Waals surface area (Å²) in [6, 6.07) is 0. The number of nitrogens with one attached hydrogen (secondary N) is 1. The molecule has 3 nitrogen and oxygen atoms in total. The summed E-state index contributed by atoms with van der Waals surface area (Å²) in [6.45, 7) is 12.8. The molecule has 1 N–H and O–H groups in total. The van der Waals surface area contributed by atoms with E-state index in [2.05, 4.69) is 17.1 Å². The van der Waals surface area contributed by atoms with E-state index in [1.165, 1.54) is 13.1 Å². The number of rotatable bonds is 1. The van der Waals surface area contributed by atoms with Gasteiger partial charge in [-0.3, -0.25) is 4.90 Å². The monoisotopic (exact) mass is 186 g/mol. The Balaban J connectivity index is 0.000000396. The third-order valence-electron chi connectivity index (χ3n) is 2.71. The summed E-state index contributed by atoms with van der Waals surface area (Å²) in [6.07, 6.45) is 0. The second-order valence-corrected chi connectivity index (χ2v) is 3.73. The SMILES string of the molecule is CC.CC1(N2CCNCC2)COC1. The molecule has 0 aromatic rings. The van der Waals surface area contributed by atoms with E-state index in [4.69, 9.17) is 4.74 Å². The molecule has 0 radical (unpaired) electrons. The summed E-state index contributed by atoms with van der Waals surface area (Å²) >= 11 is 0. The van der Waals surface area contributed by atoms with Gasteiger partial charge in [-0.05, 0) is 6.92 Å². The molecule has 0 saturated carbocycles. The fourth-order valence-electron chi connectivity index (χ4n) is 1.78. The minimum absolute atomic E-state index is 0.363. The van der Waals surface area contributed by atoms with Crippen LogP contribution < -0.4 is 5.32 Å². The lowest BCUT2D eigenvalue weighted by Crippen LogP contribution is -2.64. The molecule has 2 aliphatic rings. The minimum atomic E-state index is 0.363. The number of ether oxygens (including phenoxy) is 1. The van der Waals surface area contributed by atoms with Crippen molar-refractivity contribution in [1.29, 1.82) is 0 Å². The highest BCUT2D eigenvalue weighted by molar-refractivity contribution is 4.93. The zero-order valence-electron chi connectivity index (χ0n) is 9.10. The van der Waals surface area contributed by atoms with Crippen LogP contribution in [0.1, 0.15) is 20.8 Å². The van der Waals surface area contributed by atoms with Gasteiger partial charge in [-0.1, -0.05) is 13.8 Å². The standard InChI is InChI=1S/C8H16N2O.C2H6/c1-8(6-11-7-8)10-4-2-9-3-5-10;1-2/h9H,2-7H2,1H3;1-2H3. The van der Waals surface area contributed by atoms with Crippen LogP contribution in [0.2, 0.25) is 0 Å². The Kier molecular flexibility index (Phi) is 4.16. The van der Waals surface area contributed by atoms with Crippen LogP contribution in [-0.4, -0.2) is 49.8 Å². The van der Waals surface area contributed by atoms with Gasteiger partial charge < -0.3 is 10.1 Å². The molecule has 13 heavy (non-hydrogen) atoms. The summed E-state index contributed by atoms with van der Waals surface area (Å²) in [7, 11) is 0. The van der Waals surface area contributed by atoms with Gasteiger partial charge >= 0.3 is 0 Å². The van der Waals surface area contributed by atoms with Gasteiger partial charge in [-0.25, -0.2) is 0 Å². The Morgan fingerprint density at radius 2 is 1.69 bits per heavy atom. The van der Waals surface area contributed by atoms with Crippen LogP contribution >= 0.6 is 0 Å². The van der Waals surface area contributed by atoms with Gasteiger partial charge in [0.1, 0.15) is 0 Å². The fourth-order valence-corrected chi connectivity index (χ4v) is 1.78. The Bertz CT molecular complexity index is 140. The van der Waals surface area contributed by atoms with Crippen molar-refractivity contribution in [3.8, 4) is 0 Å². The maximum Gasteiger partial charge on any atom is 0.0671 e. The first-order valence-corrected chi connectivity index (χ1v) is 5.35. The molecular weight excluding hydrogens is 164 g/mol. The van der Waals surface area contributed by atoms with Crippen LogP contribution in [-0.2, 0) is 4.74 Å². The van der Waals surface area contributed by atoms with Crippen LogP contribution in [0, 0.1) is 0 Å². The zero-order chi connectivity index (χ0) is 9.73. The van der Waals surface area contributed by atoms with E-state index in [0.29, 0.717) is 5.54 Å². The molecular formula is C10H22N2O. The zero-order valence-corrected chi connectivity index (χ0v) is 9.10. The predicted molar refractivity (Wildman–Crippen MR) is 55.0 cm³/mol. The van der Waals surface area contributed by atoms with E-state index in [0.717, 1.165) is 26.3 Å². The molecule has 3 heteroatoms. The number of nitrogens with zero attached hydrogens (tertiary/aromatic N) is 1. The normalized spacial score (nSPS) is 27.0. The molecule has 0 aliphatic carbocycles. The highest BCUT2D eigenvalue weighted by atomic mass is 16.5. The van der Waals surface area contributed by atoms with Gasteiger partial charge in [-0.2, -0.15) is 0 Å². The van der Waals surface area contributed by atoms with Crippen LogP contribution in [0.25, 0.3) is 0 Å². The van der Waals surface area contributed by atoms with Crippen LogP contribution in [0.5, 0.6) is 0 Å². The first-order chi connectivity index (χ1) is 6.31. The lowest BCUT2D eigenvalue weighted by molar-refractivity contribution is -0.133. The maximum absolute atomic E-state index is 5.23. The minimum Gasteiger partial charge on any atom is -0.377 e. The Labute approximate surface area is 81.4 Å². The third kappa shape index (κ3) is 2.42. The fraction of sp³-hybridized carbons (Fsp3) is 1.00.